The highest BCUT2D eigenvalue weighted by Crippen LogP contribution is 2.04. The van der Waals surface area contributed by atoms with Gasteiger partial charge in [0.2, 0.25) is 5.91 Å². The van der Waals surface area contributed by atoms with E-state index in [-0.39, 0.29) is 17.9 Å². The van der Waals surface area contributed by atoms with Gasteiger partial charge in [-0.1, -0.05) is 20.8 Å². The zero-order valence-corrected chi connectivity index (χ0v) is 12.5. The predicted octanol–water partition coefficient (Wildman–Crippen LogP) is 1.60. The van der Waals surface area contributed by atoms with Gasteiger partial charge >= 0.3 is 0 Å². The number of hydrogen-bond acceptors (Lipinski definition) is 3. The fourth-order valence-electron chi connectivity index (χ4n) is 2.00. The van der Waals surface area contributed by atoms with Crippen LogP contribution in [0.2, 0.25) is 0 Å². The third-order valence-electron chi connectivity index (χ3n) is 3.44. The molecular formula is C14H31N3O. The molecule has 0 aliphatic heterocycles. The SMILES string of the molecule is CCN(CC)CCCC(C)NC(=O)C(C)CCN. The Kier molecular flexibility index (Phi) is 9.98. The lowest BCUT2D eigenvalue weighted by Crippen LogP contribution is -2.37. The highest BCUT2D eigenvalue weighted by atomic mass is 16.1. The highest BCUT2D eigenvalue weighted by molar-refractivity contribution is 5.78. The average molecular weight is 257 g/mol. The summed E-state index contributed by atoms with van der Waals surface area (Å²) in [5.74, 6) is 0.163. The van der Waals surface area contributed by atoms with Crippen molar-refractivity contribution in [1.82, 2.24) is 10.2 Å². The third-order valence-corrected chi connectivity index (χ3v) is 3.44. The molecule has 0 rings (SSSR count). The first-order chi connectivity index (χ1) is 8.54. The van der Waals surface area contributed by atoms with Crippen LogP contribution in [0.5, 0.6) is 0 Å². The summed E-state index contributed by atoms with van der Waals surface area (Å²) < 4.78 is 0. The highest BCUT2D eigenvalue weighted by Gasteiger charge is 2.14. The maximum absolute atomic E-state index is 11.8. The van der Waals surface area contributed by atoms with Crippen LogP contribution in [0.3, 0.4) is 0 Å². The van der Waals surface area contributed by atoms with Crippen molar-refractivity contribution < 1.29 is 4.79 Å². The normalized spacial score (nSPS) is 14.6. The topological polar surface area (TPSA) is 58.4 Å². The van der Waals surface area contributed by atoms with E-state index in [9.17, 15) is 4.79 Å². The van der Waals surface area contributed by atoms with Crippen LogP contribution in [-0.4, -0.2) is 43.0 Å². The van der Waals surface area contributed by atoms with Gasteiger partial charge in [0, 0.05) is 12.0 Å². The summed E-state index contributed by atoms with van der Waals surface area (Å²) in [5.41, 5.74) is 5.46. The van der Waals surface area contributed by atoms with Gasteiger partial charge in [-0.3, -0.25) is 4.79 Å². The first-order valence-corrected chi connectivity index (χ1v) is 7.27. The first-order valence-electron chi connectivity index (χ1n) is 7.27. The number of hydrogen-bond donors (Lipinski definition) is 2. The number of carbonyl (C=O) groups excluding carboxylic acids is 1. The molecule has 2 atom stereocenters. The van der Waals surface area contributed by atoms with Gasteiger partial charge in [-0.25, -0.2) is 0 Å². The lowest BCUT2D eigenvalue weighted by atomic mass is 10.1. The number of nitrogens with two attached hydrogens (primary N) is 1. The largest absolute Gasteiger partial charge is 0.353 e. The molecule has 0 aliphatic rings. The average Bonchev–Trinajstić information content (AvgIpc) is 2.34. The number of amides is 1. The summed E-state index contributed by atoms with van der Waals surface area (Å²) in [4.78, 5) is 14.2. The van der Waals surface area contributed by atoms with E-state index < -0.39 is 0 Å². The minimum atomic E-state index is 0.0280. The van der Waals surface area contributed by atoms with Crippen LogP contribution in [0.15, 0.2) is 0 Å². The van der Waals surface area contributed by atoms with Gasteiger partial charge in [-0.05, 0) is 52.4 Å². The molecular weight excluding hydrogens is 226 g/mol. The van der Waals surface area contributed by atoms with Gasteiger partial charge in [0.15, 0.2) is 0 Å². The molecule has 0 spiro atoms. The van der Waals surface area contributed by atoms with Crippen LogP contribution in [0.25, 0.3) is 0 Å². The lowest BCUT2D eigenvalue weighted by molar-refractivity contribution is -0.125. The molecule has 108 valence electrons. The van der Waals surface area contributed by atoms with E-state index in [1.54, 1.807) is 0 Å². The van der Waals surface area contributed by atoms with Crippen molar-refractivity contribution in [1.29, 1.82) is 0 Å². The molecule has 0 aliphatic carbocycles. The Labute approximate surface area is 112 Å². The summed E-state index contributed by atoms with van der Waals surface area (Å²) in [6, 6.07) is 0.258. The van der Waals surface area contributed by atoms with Crippen molar-refractivity contribution in [2.24, 2.45) is 11.7 Å². The zero-order valence-electron chi connectivity index (χ0n) is 12.5. The molecule has 0 aromatic heterocycles. The van der Waals surface area contributed by atoms with Crippen molar-refractivity contribution >= 4 is 5.91 Å². The number of rotatable bonds is 10. The molecule has 4 nitrogen and oxygen atoms in total. The molecule has 0 heterocycles. The van der Waals surface area contributed by atoms with Crippen LogP contribution in [0.4, 0.5) is 0 Å². The van der Waals surface area contributed by atoms with Crippen LogP contribution in [0, 0.1) is 5.92 Å². The zero-order chi connectivity index (χ0) is 14.0. The summed E-state index contributed by atoms with van der Waals surface area (Å²) >= 11 is 0. The maximum atomic E-state index is 11.8. The first kappa shape index (κ1) is 17.4. The Morgan fingerprint density at radius 1 is 1.22 bits per heavy atom. The second-order valence-electron chi connectivity index (χ2n) is 5.06. The number of nitrogens with one attached hydrogen (secondary N) is 1. The molecule has 0 radical (unpaired) electrons. The monoisotopic (exact) mass is 257 g/mol. The van der Waals surface area contributed by atoms with Gasteiger partial charge in [0.05, 0.1) is 0 Å². The Bertz CT molecular complexity index is 217. The van der Waals surface area contributed by atoms with Gasteiger partial charge in [0.1, 0.15) is 0 Å². The Balaban J connectivity index is 3.76. The smallest absolute Gasteiger partial charge is 0.223 e. The fraction of sp³-hybridized carbons (Fsp3) is 0.929. The third kappa shape index (κ3) is 7.67. The van der Waals surface area contributed by atoms with Crippen molar-refractivity contribution in [2.45, 2.75) is 53.0 Å². The van der Waals surface area contributed by atoms with Gasteiger partial charge in [0.25, 0.3) is 0 Å². The molecule has 0 bridgehead atoms. The van der Waals surface area contributed by atoms with Crippen molar-refractivity contribution in [3.05, 3.63) is 0 Å². The molecule has 2 unspecified atom stereocenters. The Morgan fingerprint density at radius 2 is 1.83 bits per heavy atom. The van der Waals surface area contributed by atoms with Crippen LogP contribution in [-0.2, 0) is 4.79 Å². The van der Waals surface area contributed by atoms with Gasteiger partial charge < -0.3 is 16.0 Å². The molecule has 3 N–H and O–H groups in total. The van der Waals surface area contributed by atoms with Gasteiger partial charge in [-0.2, -0.15) is 0 Å². The van der Waals surface area contributed by atoms with E-state index in [1.807, 2.05) is 6.92 Å². The lowest BCUT2D eigenvalue weighted by Gasteiger charge is -2.20. The number of nitrogens with zero attached hydrogens (tertiary/aromatic N) is 1. The van der Waals surface area contributed by atoms with Crippen LogP contribution >= 0.6 is 0 Å². The number of carbonyl (C=O) groups is 1. The molecule has 0 saturated carbocycles. The summed E-state index contributed by atoms with van der Waals surface area (Å²) in [5, 5.41) is 3.06. The summed E-state index contributed by atoms with van der Waals surface area (Å²) in [6.45, 7) is 12.3. The molecule has 18 heavy (non-hydrogen) atoms. The van der Waals surface area contributed by atoms with E-state index >= 15 is 0 Å². The maximum Gasteiger partial charge on any atom is 0.223 e. The molecule has 0 aromatic rings. The summed E-state index contributed by atoms with van der Waals surface area (Å²) in [6.07, 6.45) is 2.93. The molecule has 4 heteroatoms. The molecule has 0 saturated heterocycles. The Hall–Kier alpha value is -0.610. The van der Waals surface area contributed by atoms with E-state index in [0.717, 1.165) is 38.9 Å². The molecule has 0 aromatic carbocycles. The predicted molar refractivity (Wildman–Crippen MR) is 77.5 cm³/mol. The standard InChI is InChI=1S/C14H31N3O/c1-5-17(6-2)11-7-8-13(4)16-14(18)12(3)9-10-15/h12-13H,5-11,15H2,1-4H3,(H,16,18). The van der Waals surface area contributed by atoms with Crippen molar-refractivity contribution in [2.75, 3.05) is 26.2 Å². The molecule has 0 fully saturated rings. The Morgan fingerprint density at radius 3 is 2.33 bits per heavy atom. The minimum absolute atomic E-state index is 0.0280. The second kappa shape index (κ2) is 10.3. The van der Waals surface area contributed by atoms with Crippen LogP contribution < -0.4 is 11.1 Å². The second-order valence-corrected chi connectivity index (χ2v) is 5.06. The van der Waals surface area contributed by atoms with Crippen molar-refractivity contribution in [3.63, 3.8) is 0 Å². The van der Waals surface area contributed by atoms with E-state index in [4.69, 9.17) is 5.73 Å². The quantitative estimate of drug-likeness (QED) is 0.625. The summed E-state index contributed by atoms with van der Waals surface area (Å²) in [7, 11) is 0. The van der Waals surface area contributed by atoms with Crippen molar-refractivity contribution in [3.8, 4) is 0 Å². The minimum Gasteiger partial charge on any atom is -0.353 e. The molecule has 1 amide bonds. The fourth-order valence-corrected chi connectivity index (χ4v) is 2.00. The van der Waals surface area contributed by atoms with E-state index in [1.165, 1.54) is 0 Å². The van der Waals surface area contributed by atoms with E-state index in [2.05, 4.69) is 31.0 Å². The van der Waals surface area contributed by atoms with E-state index in [0.29, 0.717) is 6.54 Å². The van der Waals surface area contributed by atoms with Crippen LogP contribution in [0.1, 0.15) is 47.0 Å². The van der Waals surface area contributed by atoms with Gasteiger partial charge in [-0.15, -0.1) is 0 Å².